The van der Waals surface area contributed by atoms with Gasteiger partial charge in [0.15, 0.2) is 11.0 Å². The standard InChI is InChI=1S/C20H28ClN5O3S/c1-20(2,26-8-10-28-11-9-26)14-22-18(27)13-30-19-24-23-17(25(19)3)12-29-16-6-4-15(21)5-7-16/h4-7H,8-14H2,1-3H3,(H,22,27). The number of carbonyl (C=O) groups is 1. The van der Waals surface area contributed by atoms with Crippen molar-refractivity contribution in [1.29, 1.82) is 0 Å². The monoisotopic (exact) mass is 453 g/mol. The van der Waals surface area contributed by atoms with E-state index in [-0.39, 0.29) is 23.8 Å². The molecule has 0 saturated carbocycles. The lowest BCUT2D eigenvalue weighted by molar-refractivity contribution is -0.119. The van der Waals surface area contributed by atoms with Crippen molar-refractivity contribution in [3.63, 3.8) is 0 Å². The highest BCUT2D eigenvalue weighted by molar-refractivity contribution is 7.99. The van der Waals surface area contributed by atoms with Crippen LogP contribution in [-0.4, -0.2) is 69.7 Å². The first-order valence-corrected chi connectivity index (χ1v) is 11.2. The van der Waals surface area contributed by atoms with E-state index in [9.17, 15) is 4.79 Å². The Bertz CT molecular complexity index is 837. The topological polar surface area (TPSA) is 81.5 Å². The number of nitrogens with zero attached hydrogens (tertiary/aromatic N) is 4. The number of ether oxygens (including phenoxy) is 2. The van der Waals surface area contributed by atoms with Crippen LogP contribution in [0.1, 0.15) is 19.7 Å². The van der Waals surface area contributed by atoms with Crippen LogP contribution in [0.5, 0.6) is 5.75 Å². The Morgan fingerprint density at radius 3 is 2.67 bits per heavy atom. The molecule has 1 aromatic carbocycles. The first-order valence-electron chi connectivity index (χ1n) is 9.84. The zero-order valence-electron chi connectivity index (χ0n) is 17.6. The van der Waals surface area contributed by atoms with E-state index in [1.807, 2.05) is 11.6 Å². The Balaban J connectivity index is 1.44. The molecule has 1 saturated heterocycles. The van der Waals surface area contributed by atoms with E-state index in [0.29, 0.717) is 28.3 Å². The number of hydrogen-bond acceptors (Lipinski definition) is 7. The van der Waals surface area contributed by atoms with Crippen molar-refractivity contribution in [3.05, 3.63) is 35.1 Å². The fourth-order valence-electron chi connectivity index (χ4n) is 3.05. The molecule has 0 bridgehead atoms. The second-order valence-electron chi connectivity index (χ2n) is 7.68. The molecule has 0 spiro atoms. The van der Waals surface area contributed by atoms with Gasteiger partial charge in [0.05, 0.1) is 19.0 Å². The highest BCUT2D eigenvalue weighted by Gasteiger charge is 2.28. The van der Waals surface area contributed by atoms with Gasteiger partial charge in [0.2, 0.25) is 5.91 Å². The Morgan fingerprint density at radius 1 is 1.27 bits per heavy atom. The van der Waals surface area contributed by atoms with Gasteiger partial charge in [0.25, 0.3) is 0 Å². The third-order valence-corrected chi connectivity index (χ3v) is 6.30. The second-order valence-corrected chi connectivity index (χ2v) is 9.06. The largest absolute Gasteiger partial charge is 0.486 e. The molecule has 8 nitrogen and oxygen atoms in total. The van der Waals surface area contributed by atoms with Crippen molar-refractivity contribution < 1.29 is 14.3 Å². The van der Waals surface area contributed by atoms with Gasteiger partial charge < -0.3 is 19.4 Å². The minimum atomic E-state index is -0.110. The van der Waals surface area contributed by atoms with Crippen LogP contribution in [0.15, 0.2) is 29.4 Å². The van der Waals surface area contributed by atoms with Gasteiger partial charge in [-0.25, -0.2) is 0 Å². The number of rotatable bonds is 9. The predicted molar refractivity (Wildman–Crippen MR) is 117 cm³/mol. The van der Waals surface area contributed by atoms with Crippen molar-refractivity contribution in [2.75, 3.05) is 38.6 Å². The van der Waals surface area contributed by atoms with Crippen LogP contribution in [0, 0.1) is 0 Å². The average Bonchev–Trinajstić information content (AvgIpc) is 3.10. The summed E-state index contributed by atoms with van der Waals surface area (Å²) in [5.74, 6) is 1.65. The molecule has 0 aliphatic carbocycles. The van der Waals surface area contributed by atoms with Crippen molar-refractivity contribution >= 4 is 29.3 Å². The van der Waals surface area contributed by atoms with E-state index in [1.165, 1.54) is 11.8 Å². The lowest BCUT2D eigenvalue weighted by Crippen LogP contribution is -2.55. The SMILES string of the molecule is Cn1c(COc2ccc(Cl)cc2)nnc1SCC(=O)NCC(C)(C)N1CCOCC1. The average molecular weight is 454 g/mol. The number of amides is 1. The quantitative estimate of drug-likeness (QED) is 0.583. The van der Waals surface area contributed by atoms with Crippen molar-refractivity contribution in [3.8, 4) is 5.75 Å². The summed E-state index contributed by atoms with van der Waals surface area (Å²) >= 11 is 7.24. The lowest BCUT2D eigenvalue weighted by Gasteiger charge is -2.40. The third-order valence-electron chi connectivity index (χ3n) is 5.02. The number of thioether (sulfide) groups is 1. The van der Waals surface area contributed by atoms with Gasteiger partial charge >= 0.3 is 0 Å². The van der Waals surface area contributed by atoms with Crippen LogP contribution < -0.4 is 10.1 Å². The Labute approximate surface area is 186 Å². The van der Waals surface area contributed by atoms with Gasteiger partial charge in [-0.05, 0) is 38.1 Å². The summed E-state index contributed by atoms with van der Waals surface area (Å²) in [5, 5.41) is 12.7. The summed E-state index contributed by atoms with van der Waals surface area (Å²) in [4.78, 5) is 14.7. The minimum absolute atomic E-state index is 0.0247. The first kappa shape index (κ1) is 22.9. The van der Waals surface area contributed by atoms with Gasteiger partial charge in [-0.15, -0.1) is 10.2 Å². The van der Waals surface area contributed by atoms with E-state index in [2.05, 4.69) is 34.3 Å². The number of hydrogen-bond donors (Lipinski definition) is 1. The molecule has 3 rings (SSSR count). The first-order chi connectivity index (χ1) is 14.3. The highest BCUT2D eigenvalue weighted by Crippen LogP contribution is 2.19. The summed E-state index contributed by atoms with van der Waals surface area (Å²) in [7, 11) is 1.86. The van der Waals surface area contributed by atoms with Gasteiger partial charge in [-0.2, -0.15) is 0 Å². The lowest BCUT2D eigenvalue weighted by atomic mass is 10.0. The maximum Gasteiger partial charge on any atom is 0.230 e. The summed E-state index contributed by atoms with van der Waals surface area (Å²) in [6, 6.07) is 7.15. The van der Waals surface area contributed by atoms with Gasteiger partial charge in [-0.1, -0.05) is 23.4 Å². The highest BCUT2D eigenvalue weighted by atomic mass is 35.5. The van der Waals surface area contributed by atoms with Gasteiger partial charge in [0.1, 0.15) is 12.4 Å². The van der Waals surface area contributed by atoms with E-state index in [4.69, 9.17) is 21.1 Å². The van der Waals surface area contributed by atoms with Crippen LogP contribution in [0.25, 0.3) is 0 Å². The van der Waals surface area contributed by atoms with E-state index in [1.54, 1.807) is 24.3 Å². The molecule has 0 atom stereocenters. The number of benzene rings is 1. The van der Waals surface area contributed by atoms with Crippen molar-refractivity contribution in [1.82, 2.24) is 25.0 Å². The Kier molecular flexibility index (Phi) is 7.99. The van der Waals surface area contributed by atoms with Gasteiger partial charge in [0, 0.05) is 37.2 Å². The summed E-state index contributed by atoms with van der Waals surface area (Å²) < 4.78 is 13.0. The van der Waals surface area contributed by atoms with Crippen LogP contribution in [0.4, 0.5) is 0 Å². The molecule has 1 fully saturated rings. The number of nitrogens with one attached hydrogen (secondary N) is 1. The molecule has 0 unspecified atom stereocenters. The summed E-state index contributed by atoms with van der Waals surface area (Å²) in [5.41, 5.74) is -0.110. The number of morpholine rings is 1. The van der Waals surface area contributed by atoms with Crippen LogP contribution in [-0.2, 0) is 23.2 Å². The molecule has 2 aromatic rings. The molecule has 30 heavy (non-hydrogen) atoms. The minimum Gasteiger partial charge on any atom is -0.486 e. The maximum absolute atomic E-state index is 12.3. The number of halogens is 1. The third kappa shape index (κ3) is 6.34. The molecule has 10 heteroatoms. The predicted octanol–water partition coefficient (Wildman–Crippen LogP) is 2.37. The molecule has 164 valence electrons. The molecule has 2 heterocycles. The van der Waals surface area contributed by atoms with Gasteiger partial charge in [-0.3, -0.25) is 9.69 Å². The number of aromatic nitrogens is 3. The Morgan fingerprint density at radius 2 is 1.97 bits per heavy atom. The summed E-state index contributed by atoms with van der Waals surface area (Å²) in [6.45, 7) is 8.40. The van der Waals surface area contributed by atoms with E-state index >= 15 is 0 Å². The molecule has 1 N–H and O–H groups in total. The number of carbonyl (C=O) groups excluding carboxylic acids is 1. The molecule has 0 radical (unpaired) electrons. The van der Waals surface area contributed by atoms with Crippen molar-refractivity contribution in [2.24, 2.45) is 7.05 Å². The fourth-order valence-corrected chi connectivity index (χ4v) is 3.94. The molecule has 1 aliphatic rings. The zero-order valence-corrected chi connectivity index (χ0v) is 19.1. The van der Waals surface area contributed by atoms with Crippen molar-refractivity contribution in [2.45, 2.75) is 31.1 Å². The second kappa shape index (κ2) is 10.5. The molecule has 1 amide bonds. The zero-order chi connectivity index (χ0) is 21.6. The molecule has 1 aromatic heterocycles. The van der Waals surface area contributed by atoms with Crippen LogP contribution >= 0.6 is 23.4 Å². The fraction of sp³-hybridized carbons (Fsp3) is 0.550. The van der Waals surface area contributed by atoms with Crippen LogP contribution in [0.2, 0.25) is 5.02 Å². The van der Waals surface area contributed by atoms with Crippen LogP contribution in [0.3, 0.4) is 0 Å². The normalized spacial score (nSPS) is 15.2. The smallest absolute Gasteiger partial charge is 0.230 e. The Hall–Kier alpha value is -1.81. The molecular formula is C20H28ClN5O3S. The summed E-state index contributed by atoms with van der Waals surface area (Å²) in [6.07, 6.45) is 0. The maximum atomic E-state index is 12.3. The molecule has 1 aliphatic heterocycles. The molecular weight excluding hydrogens is 426 g/mol. The van der Waals surface area contributed by atoms with E-state index in [0.717, 1.165) is 26.3 Å². The van der Waals surface area contributed by atoms with E-state index < -0.39 is 0 Å².